The van der Waals surface area contributed by atoms with Gasteiger partial charge in [0, 0.05) is 16.4 Å². The maximum Gasteiger partial charge on any atom is 0.261 e. The molecule has 0 bridgehead atoms. The van der Waals surface area contributed by atoms with E-state index in [4.69, 9.17) is 17.3 Å². The lowest BCUT2D eigenvalue weighted by Crippen LogP contribution is -2.23. The van der Waals surface area contributed by atoms with E-state index in [0.717, 1.165) is 28.2 Å². The predicted molar refractivity (Wildman–Crippen MR) is 85.4 cm³/mol. The van der Waals surface area contributed by atoms with Gasteiger partial charge >= 0.3 is 0 Å². The molecule has 1 heterocycles. The molecule has 0 fully saturated rings. The summed E-state index contributed by atoms with van der Waals surface area (Å²) >= 11 is 7.35. The van der Waals surface area contributed by atoms with Crippen LogP contribution >= 0.6 is 22.9 Å². The number of halogens is 1. The average molecular weight is 309 g/mol. The van der Waals surface area contributed by atoms with Crippen molar-refractivity contribution in [1.82, 2.24) is 5.32 Å². The summed E-state index contributed by atoms with van der Waals surface area (Å²) in [5, 5.41) is 3.61. The van der Waals surface area contributed by atoms with E-state index in [-0.39, 0.29) is 5.91 Å². The summed E-state index contributed by atoms with van der Waals surface area (Å²) in [4.78, 5) is 13.7. The highest BCUT2D eigenvalue weighted by molar-refractivity contribution is 7.17. The summed E-state index contributed by atoms with van der Waals surface area (Å²) in [5.41, 5.74) is 6.49. The summed E-state index contributed by atoms with van der Waals surface area (Å²) in [7, 11) is 0. The van der Waals surface area contributed by atoms with Gasteiger partial charge in [-0.1, -0.05) is 23.7 Å². The third-order valence-electron chi connectivity index (χ3n) is 2.87. The molecule has 1 amide bonds. The minimum Gasteiger partial charge on any atom is -0.351 e. The Hall–Kier alpha value is -1.36. The van der Waals surface area contributed by atoms with Crippen LogP contribution < -0.4 is 11.1 Å². The van der Waals surface area contributed by atoms with E-state index in [9.17, 15) is 4.79 Å². The molecular formula is C15H17ClN2OS. The Morgan fingerprint density at radius 1 is 1.15 bits per heavy atom. The first-order chi connectivity index (χ1) is 9.70. The minimum absolute atomic E-state index is 0.0211. The summed E-state index contributed by atoms with van der Waals surface area (Å²) in [6.07, 6.45) is 1.85. The fourth-order valence-corrected chi connectivity index (χ4v) is 2.84. The normalized spacial score (nSPS) is 10.5. The van der Waals surface area contributed by atoms with Gasteiger partial charge in [-0.25, -0.2) is 0 Å². The summed E-state index contributed by atoms with van der Waals surface area (Å²) in [5.74, 6) is -0.0211. The molecule has 0 radical (unpaired) electrons. The van der Waals surface area contributed by atoms with Crippen molar-refractivity contribution < 1.29 is 4.79 Å². The first kappa shape index (κ1) is 15.0. The summed E-state index contributed by atoms with van der Waals surface area (Å²) in [6.45, 7) is 1.33. The number of nitrogens with two attached hydrogens (primary N) is 1. The van der Waals surface area contributed by atoms with Crippen LogP contribution in [-0.2, 0) is 0 Å². The van der Waals surface area contributed by atoms with Crippen LogP contribution in [0.5, 0.6) is 0 Å². The number of unbranched alkanes of at least 4 members (excludes halogenated alkanes) is 1. The van der Waals surface area contributed by atoms with Crippen molar-refractivity contribution in [3.63, 3.8) is 0 Å². The smallest absolute Gasteiger partial charge is 0.261 e. The predicted octanol–water partition coefficient (Wildman–Crippen LogP) is 3.54. The molecule has 2 aromatic rings. The van der Waals surface area contributed by atoms with Crippen LogP contribution in [0.15, 0.2) is 36.4 Å². The van der Waals surface area contributed by atoms with Gasteiger partial charge in [0.25, 0.3) is 5.91 Å². The second kappa shape index (κ2) is 7.43. The zero-order chi connectivity index (χ0) is 14.4. The zero-order valence-electron chi connectivity index (χ0n) is 11.1. The van der Waals surface area contributed by atoms with Gasteiger partial charge in [-0.15, -0.1) is 11.3 Å². The number of hydrogen-bond acceptors (Lipinski definition) is 3. The summed E-state index contributed by atoms with van der Waals surface area (Å²) in [6, 6.07) is 11.4. The van der Waals surface area contributed by atoms with E-state index in [1.807, 2.05) is 36.4 Å². The molecule has 0 saturated heterocycles. The lowest BCUT2D eigenvalue weighted by Gasteiger charge is -2.02. The topological polar surface area (TPSA) is 55.1 Å². The average Bonchev–Trinajstić information content (AvgIpc) is 2.94. The number of carbonyl (C=O) groups excluding carboxylic acids is 1. The highest BCUT2D eigenvalue weighted by atomic mass is 35.5. The number of amides is 1. The van der Waals surface area contributed by atoms with Crippen LogP contribution in [0.3, 0.4) is 0 Å². The van der Waals surface area contributed by atoms with Crippen LogP contribution in [0.25, 0.3) is 10.4 Å². The molecule has 106 valence electrons. The maximum absolute atomic E-state index is 12.0. The van der Waals surface area contributed by atoms with Crippen molar-refractivity contribution in [3.8, 4) is 10.4 Å². The second-order valence-corrected chi connectivity index (χ2v) is 5.94. The third-order valence-corrected chi connectivity index (χ3v) is 4.26. The number of carbonyl (C=O) groups is 1. The Morgan fingerprint density at radius 3 is 2.60 bits per heavy atom. The van der Waals surface area contributed by atoms with Crippen LogP contribution in [0.2, 0.25) is 5.02 Å². The van der Waals surface area contributed by atoms with E-state index in [0.29, 0.717) is 18.1 Å². The van der Waals surface area contributed by atoms with Gasteiger partial charge in [0.2, 0.25) is 0 Å². The van der Waals surface area contributed by atoms with Crippen molar-refractivity contribution in [2.24, 2.45) is 5.73 Å². The SMILES string of the molecule is NCCCCNC(=O)c1ccc(-c2ccc(Cl)cc2)s1. The Morgan fingerprint density at radius 2 is 1.90 bits per heavy atom. The second-order valence-electron chi connectivity index (χ2n) is 4.42. The lowest BCUT2D eigenvalue weighted by molar-refractivity contribution is 0.0957. The molecule has 0 aliphatic heterocycles. The van der Waals surface area contributed by atoms with Crippen molar-refractivity contribution in [2.75, 3.05) is 13.1 Å². The zero-order valence-corrected chi connectivity index (χ0v) is 12.6. The first-order valence-corrected chi connectivity index (χ1v) is 7.74. The molecule has 0 saturated carbocycles. The van der Waals surface area contributed by atoms with Crippen LogP contribution in [0.4, 0.5) is 0 Å². The number of rotatable bonds is 6. The largest absolute Gasteiger partial charge is 0.351 e. The van der Waals surface area contributed by atoms with Gasteiger partial charge in [0.1, 0.15) is 0 Å². The van der Waals surface area contributed by atoms with Gasteiger partial charge in [-0.05, 0) is 49.2 Å². The van der Waals surface area contributed by atoms with Gasteiger partial charge in [0.15, 0.2) is 0 Å². The molecular weight excluding hydrogens is 292 g/mol. The monoisotopic (exact) mass is 308 g/mol. The molecule has 0 aliphatic carbocycles. The summed E-state index contributed by atoms with van der Waals surface area (Å²) < 4.78 is 0. The fourth-order valence-electron chi connectivity index (χ4n) is 1.79. The Labute approximate surface area is 127 Å². The Bertz CT molecular complexity index is 566. The van der Waals surface area contributed by atoms with Crippen molar-refractivity contribution in [2.45, 2.75) is 12.8 Å². The Balaban J connectivity index is 1.98. The van der Waals surface area contributed by atoms with Crippen LogP contribution in [-0.4, -0.2) is 19.0 Å². The third kappa shape index (κ3) is 4.07. The minimum atomic E-state index is -0.0211. The number of thiophene rings is 1. The molecule has 0 unspecified atom stereocenters. The molecule has 3 nitrogen and oxygen atoms in total. The molecule has 3 N–H and O–H groups in total. The van der Waals surface area contributed by atoms with Gasteiger partial charge in [-0.3, -0.25) is 4.79 Å². The molecule has 5 heteroatoms. The van der Waals surface area contributed by atoms with Crippen LogP contribution in [0, 0.1) is 0 Å². The Kier molecular flexibility index (Phi) is 5.59. The van der Waals surface area contributed by atoms with Gasteiger partial charge in [-0.2, -0.15) is 0 Å². The molecule has 2 rings (SSSR count). The van der Waals surface area contributed by atoms with E-state index in [2.05, 4.69) is 5.32 Å². The molecule has 1 aromatic heterocycles. The highest BCUT2D eigenvalue weighted by Gasteiger charge is 2.09. The van der Waals surface area contributed by atoms with Crippen molar-refractivity contribution in [3.05, 3.63) is 46.3 Å². The molecule has 0 atom stereocenters. The van der Waals surface area contributed by atoms with Crippen molar-refractivity contribution in [1.29, 1.82) is 0 Å². The number of benzene rings is 1. The van der Waals surface area contributed by atoms with E-state index >= 15 is 0 Å². The van der Waals surface area contributed by atoms with E-state index < -0.39 is 0 Å². The van der Waals surface area contributed by atoms with Crippen molar-refractivity contribution >= 4 is 28.8 Å². The van der Waals surface area contributed by atoms with E-state index in [1.54, 1.807) is 0 Å². The lowest BCUT2D eigenvalue weighted by atomic mass is 10.2. The van der Waals surface area contributed by atoms with Crippen LogP contribution in [0.1, 0.15) is 22.5 Å². The molecule has 20 heavy (non-hydrogen) atoms. The molecule has 0 aliphatic rings. The molecule has 0 spiro atoms. The maximum atomic E-state index is 12.0. The van der Waals surface area contributed by atoms with E-state index in [1.165, 1.54) is 11.3 Å². The molecule has 1 aromatic carbocycles. The number of nitrogens with one attached hydrogen (secondary N) is 1. The number of hydrogen-bond donors (Lipinski definition) is 2. The highest BCUT2D eigenvalue weighted by Crippen LogP contribution is 2.28. The van der Waals surface area contributed by atoms with Gasteiger partial charge < -0.3 is 11.1 Å². The van der Waals surface area contributed by atoms with Gasteiger partial charge in [0.05, 0.1) is 4.88 Å². The quantitative estimate of drug-likeness (QED) is 0.802. The standard InChI is InChI=1S/C15H17ClN2OS/c16-12-5-3-11(4-6-12)13-7-8-14(20-13)15(19)18-10-2-1-9-17/h3-8H,1-2,9-10,17H2,(H,18,19). The fraction of sp³-hybridized carbons (Fsp3) is 0.267. The first-order valence-electron chi connectivity index (χ1n) is 6.55.